The highest BCUT2D eigenvalue weighted by molar-refractivity contribution is 9.10. The van der Waals surface area contributed by atoms with Crippen LogP contribution >= 0.6 is 15.9 Å². The molecule has 0 spiro atoms. The summed E-state index contributed by atoms with van der Waals surface area (Å²) in [7, 11) is 0. The number of hydrogen-bond acceptors (Lipinski definition) is 5. The first kappa shape index (κ1) is 15.4. The molecule has 0 atom stereocenters. The summed E-state index contributed by atoms with van der Waals surface area (Å²) in [6.07, 6.45) is 1.60. The van der Waals surface area contributed by atoms with Crippen molar-refractivity contribution in [3.63, 3.8) is 0 Å². The number of rotatable bonds is 4. The zero-order valence-corrected chi connectivity index (χ0v) is 14.4. The number of hydrogen-bond donors (Lipinski definition) is 2. The van der Waals surface area contributed by atoms with Crippen molar-refractivity contribution in [3.05, 3.63) is 64.3 Å². The number of aromatic nitrogens is 3. The van der Waals surface area contributed by atoms with Crippen LogP contribution in [0.4, 0.5) is 23.1 Å². The van der Waals surface area contributed by atoms with Gasteiger partial charge in [-0.2, -0.15) is 10.1 Å². The van der Waals surface area contributed by atoms with Gasteiger partial charge < -0.3 is 10.6 Å². The number of anilines is 4. The zero-order chi connectivity index (χ0) is 16.2. The fourth-order valence-corrected chi connectivity index (χ4v) is 2.65. The van der Waals surface area contributed by atoms with Crippen molar-refractivity contribution in [1.29, 1.82) is 0 Å². The number of halogens is 1. The van der Waals surface area contributed by atoms with Gasteiger partial charge in [-0.15, -0.1) is 5.10 Å². The maximum absolute atomic E-state index is 4.45. The van der Waals surface area contributed by atoms with E-state index in [2.05, 4.69) is 41.7 Å². The van der Waals surface area contributed by atoms with Crippen LogP contribution in [-0.4, -0.2) is 15.2 Å². The number of nitrogens with zero attached hydrogens (tertiary/aromatic N) is 3. The molecular weight excluding hydrogens is 354 g/mol. The van der Waals surface area contributed by atoms with Gasteiger partial charge in [0.2, 0.25) is 5.95 Å². The maximum Gasteiger partial charge on any atom is 0.249 e. The Kier molecular flexibility index (Phi) is 4.52. The quantitative estimate of drug-likeness (QED) is 0.695. The lowest BCUT2D eigenvalue weighted by molar-refractivity contribution is 0.981. The topological polar surface area (TPSA) is 62.7 Å². The molecule has 1 heterocycles. The Morgan fingerprint density at radius 1 is 1.00 bits per heavy atom. The van der Waals surface area contributed by atoms with Gasteiger partial charge in [0.25, 0.3) is 0 Å². The predicted molar refractivity (Wildman–Crippen MR) is 96.5 cm³/mol. The van der Waals surface area contributed by atoms with Crippen LogP contribution < -0.4 is 10.6 Å². The molecule has 0 unspecified atom stereocenters. The third kappa shape index (κ3) is 4.04. The third-order valence-electron chi connectivity index (χ3n) is 3.28. The second-order valence-corrected chi connectivity index (χ2v) is 6.16. The zero-order valence-electron chi connectivity index (χ0n) is 12.8. The number of benzene rings is 2. The average Bonchev–Trinajstić information content (AvgIpc) is 2.51. The molecule has 0 saturated carbocycles. The molecule has 116 valence electrons. The van der Waals surface area contributed by atoms with Crippen molar-refractivity contribution in [2.24, 2.45) is 0 Å². The Morgan fingerprint density at radius 3 is 2.65 bits per heavy atom. The normalized spacial score (nSPS) is 10.4. The second-order valence-electron chi connectivity index (χ2n) is 5.24. The van der Waals surface area contributed by atoms with Gasteiger partial charge in [0.15, 0.2) is 5.82 Å². The van der Waals surface area contributed by atoms with Crippen LogP contribution in [0.3, 0.4) is 0 Å². The molecule has 2 N–H and O–H groups in total. The Bertz CT molecular complexity index is 835. The molecule has 23 heavy (non-hydrogen) atoms. The first-order chi connectivity index (χ1) is 11.1. The molecule has 0 fully saturated rings. The SMILES string of the molecule is Cc1cccc(Nc2cnnc(Nc3ccc(Br)cc3C)n2)c1. The van der Waals surface area contributed by atoms with E-state index in [-0.39, 0.29) is 0 Å². The summed E-state index contributed by atoms with van der Waals surface area (Å²) in [5, 5.41) is 14.5. The van der Waals surface area contributed by atoms with Crippen LogP contribution in [0.15, 0.2) is 53.1 Å². The monoisotopic (exact) mass is 369 g/mol. The molecule has 0 aliphatic heterocycles. The summed E-state index contributed by atoms with van der Waals surface area (Å²) >= 11 is 3.45. The van der Waals surface area contributed by atoms with Gasteiger partial charge in [-0.1, -0.05) is 28.1 Å². The smallest absolute Gasteiger partial charge is 0.249 e. The van der Waals surface area contributed by atoms with Crippen molar-refractivity contribution >= 4 is 39.1 Å². The molecular formula is C17H16BrN5. The summed E-state index contributed by atoms with van der Waals surface area (Å²) < 4.78 is 1.04. The Labute approximate surface area is 143 Å². The Hall–Kier alpha value is -2.47. The Balaban J connectivity index is 1.79. The number of nitrogens with one attached hydrogen (secondary N) is 2. The predicted octanol–water partition coefficient (Wildman–Crippen LogP) is 4.74. The minimum Gasteiger partial charge on any atom is -0.339 e. The van der Waals surface area contributed by atoms with Gasteiger partial charge in [0.05, 0.1) is 6.20 Å². The fraction of sp³-hybridized carbons (Fsp3) is 0.118. The van der Waals surface area contributed by atoms with E-state index in [1.807, 2.05) is 56.3 Å². The summed E-state index contributed by atoms with van der Waals surface area (Å²) in [5.74, 6) is 1.09. The van der Waals surface area contributed by atoms with E-state index in [0.29, 0.717) is 11.8 Å². The average molecular weight is 370 g/mol. The Morgan fingerprint density at radius 2 is 1.87 bits per heavy atom. The van der Waals surface area contributed by atoms with Crippen LogP contribution in [0.2, 0.25) is 0 Å². The van der Waals surface area contributed by atoms with Gasteiger partial charge >= 0.3 is 0 Å². The van der Waals surface area contributed by atoms with Crippen molar-refractivity contribution in [1.82, 2.24) is 15.2 Å². The molecule has 0 amide bonds. The van der Waals surface area contributed by atoms with Crippen molar-refractivity contribution < 1.29 is 0 Å². The highest BCUT2D eigenvalue weighted by Crippen LogP contribution is 2.23. The van der Waals surface area contributed by atoms with Crippen LogP contribution in [-0.2, 0) is 0 Å². The lowest BCUT2D eigenvalue weighted by atomic mass is 10.2. The van der Waals surface area contributed by atoms with Crippen LogP contribution in [0.1, 0.15) is 11.1 Å². The fourth-order valence-electron chi connectivity index (χ4n) is 2.18. The molecule has 0 saturated heterocycles. The van der Waals surface area contributed by atoms with Gasteiger partial charge in [-0.05, 0) is 55.3 Å². The van der Waals surface area contributed by atoms with Crippen LogP contribution in [0.25, 0.3) is 0 Å². The molecule has 0 radical (unpaired) electrons. The molecule has 3 rings (SSSR count). The highest BCUT2D eigenvalue weighted by atomic mass is 79.9. The summed E-state index contributed by atoms with van der Waals surface area (Å²) in [6.45, 7) is 4.07. The minimum atomic E-state index is 0.452. The molecule has 3 aromatic rings. The standard InChI is InChI=1S/C17H16BrN5/c1-11-4-3-5-14(8-11)20-16-10-19-23-17(22-16)21-15-7-6-13(18)9-12(15)2/h3-10H,1-2H3,(H2,20,21,22,23). The van der Waals surface area contributed by atoms with E-state index in [4.69, 9.17) is 0 Å². The van der Waals surface area contributed by atoms with E-state index >= 15 is 0 Å². The van der Waals surface area contributed by atoms with E-state index in [0.717, 1.165) is 21.4 Å². The highest BCUT2D eigenvalue weighted by Gasteiger charge is 2.04. The third-order valence-corrected chi connectivity index (χ3v) is 3.78. The lowest BCUT2D eigenvalue weighted by Crippen LogP contribution is -2.03. The van der Waals surface area contributed by atoms with Gasteiger partial charge in [-0.3, -0.25) is 0 Å². The molecule has 0 aliphatic carbocycles. The van der Waals surface area contributed by atoms with Crippen LogP contribution in [0.5, 0.6) is 0 Å². The molecule has 6 heteroatoms. The summed E-state index contributed by atoms with van der Waals surface area (Å²) in [6, 6.07) is 14.1. The molecule has 2 aromatic carbocycles. The molecule has 0 bridgehead atoms. The molecule has 0 aliphatic rings. The molecule has 1 aromatic heterocycles. The van der Waals surface area contributed by atoms with Gasteiger partial charge in [-0.25, -0.2) is 0 Å². The number of aryl methyl sites for hydroxylation is 2. The second kappa shape index (κ2) is 6.75. The van der Waals surface area contributed by atoms with Crippen molar-refractivity contribution in [2.75, 3.05) is 10.6 Å². The largest absolute Gasteiger partial charge is 0.339 e. The van der Waals surface area contributed by atoms with Gasteiger partial charge in [0, 0.05) is 15.8 Å². The van der Waals surface area contributed by atoms with Crippen molar-refractivity contribution in [3.8, 4) is 0 Å². The first-order valence-corrected chi connectivity index (χ1v) is 7.96. The lowest BCUT2D eigenvalue weighted by Gasteiger charge is -2.10. The summed E-state index contributed by atoms with van der Waals surface area (Å²) in [4.78, 5) is 4.45. The molecule has 5 nitrogen and oxygen atoms in total. The first-order valence-electron chi connectivity index (χ1n) is 7.17. The van der Waals surface area contributed by atoms with Crippen molar-refractivity contribution in [2.45, 2.75) is 13.8 Å². The van der Waals surface area contributed by atoms with E-state index in [9.17, 15) is 0 Å². The van der Waals surface area contributed by atoms with E-state index < -0.39 is 0 Å². The van der Waals surface area contributed by atoms with Gasteiger partial charge in [0.1, 0.15) is 0 Å². The summed E-state index contributed by atoms with van der Waals surface area (Å²) in [5.41, 5.74) is 4.19. The minimum absolute atomic E-state index is 0.452. The van der Waals surface area contributed by atoms with E-state index in [1.54, 1.807) is 6.20 Å². The maximum atomic E-state index is 4.45. The van der Waals surface area contributed by atoms with Crippen LogP contribution in [0, 0.1) is 13.8 Å². The van der Waals surface area contributed by atoms with E-state index in [1.165, 1.54) is 5.56 Å².